The van der Waals surface area contributed by atoms with E-state index in [0.717, 1.165) is 42.3 Å². The van der Waals surface area contributed by atoms with Gasteiger partial charge in [-0.15, -0.1) is 0 Å². The number of nitrogens with zero attached hydrogens (tertiary/aromatic N) is 2. The Morgan fingerprint density at radius 3 is 2.59 bits per heavy atom. The zero-order valence-electron chi connectivity index (χ0n) is 23.5. The van der Waals surface area contributed by atoms with Gasteiger partial charge in [-0.1, -0.05) is 56.3 Å². The highest BCUT2D eigenvalue weighted by Crippen LogP contribution is 2.50. The largest absolute Gasteiger partial charge is 0.427 e. The molecule has 0 spiro atoms. The van der Waals surface area contributed by atoms with Crippen LogP contribution >= 0.6 is 0 Å². The van der Waals surface area contributed by atoms with E-state index >= 15 is 0 Å². The maximum absolute atomic E-state index is 14.1. The lowest BCUT2D eigenvalue weighted by molar-refractivity contribution is -0.131. The van der Waals surface area contributed by atoms with Gasteiger partial charge < -0.3 is 19.6 Å². The Balaban J connectivity index is 1.53. The molecule has 1 unspecified atom stereocenters. The molecular formula is C33H40N2O4. The average molecular weight is 529 g/mol. The Kier molecular flexibility index (Phi) is 7.79. The molecule has 1 N–H and O–H groups in total. The monoisotopic (exact) mass is 528 g/mol. The van der Waals surface area contributed by atoms with E-state index in [1.54, 1.807) is 6.07 Å². The fourth-order valence-corrected chi connectivity index (χ4v) is 6.90. The van der Waals surface area contributed by atoms with Crippen molar-refractivity contribution in [2.75, 3.05) is 26.7 Å². The molecule has 5 rings (SSSR count). The molecule has 0 bridgehead atoms. The third-order valence-electron chi connectivity index (χ3n) is 8.67. The first kappa shape index (κ1) is 27.4. The highest BCUT2D eigenvalue weighted by atomic mass is 16.5. The van der Waals surface area contributed by atoms with Crippen molar-refractivity contribution in [3.05, 3.63) is 77.9 Å². The van der Waals surface area contributed by atoms with E-state index in [4.69, 9.17) is 4.74 Å². The van der Waals surface area contributed by atoms with Crippen LogP contribution in [0.25, 0.3) is 10.8 Å². The summed E-state index contributed by atoms with van der Waals surface area (Å²) in [5.74, 6) is 0.494. The summed E-state index contributed by atoms with van der Waals surface area (Å²) < 4.78 is 5.45. The van der Waals surface area contributed by atoms with Crippen LogP contribution in [0.3, 0.4) is 0 Å². The van der Waals surface area contributed by atoms with E-state index in [9.17, 15) is 14.7 Å². The normalized spacial score (nSPS) is 25.3. The molecule has 39 heavy (non-hydrogen) atoms. The lowest BCUT2D eigenvalue weighted by Gasteiger charge is -2.56. The summed E-state index contributed by atoms with van der Waals surface area (Å²) in [4.78, 5) is 30.1. The molecule has 3 aromatic rings. The highest BCUT2D eigenvalue weighted by Gasteiger charge is 2.53. The average Bonchev–Trinajstić information content (AvgIpc) is 2.91. The SMILES string of the molecule is CC(=O)Oc1cccc([C@@]23CCN(C)C[C@H]2C(O)C[C@@H](N(CC(C)C)C(=O)c2ccc4ccccc4c2)C3)c1. The van der Waals surface area contributed by atoms with E-state index in [2.05, 4.69) is 37.9 Å². The second-order valence-electron chi connectivity index (χ2n) is 12.0. The Morgan fingerprint density at radius 1 is 1.08 bits per heavy atom. The number of amides is 1. The standard InChI is InChI=1S/C33H40N2O4/c1-22(2)20-35(32(38)26-13-12-24-8-5-6-9-25(24)16-26)28-18-31(37)30-21-34(4)15-14-33(30,19-28)27-10-7-11-29(17-27)39-23(3)36/h5-13,16-17,22,28,30-31,37H,14-15,18-21H2,1-4H3/t28-,30+,31?,33+/m1/s1. The summed E-state index contributed by atoms with van der Waals surface area (Å²) in [7, 11) is 2.10. The van der Waals surface area contributed by atoms with Gasteiger partial charge in [-0.25, -0.2) is 0 Å². The zero-order valence-corrected chi connectivity index (χ0v) is 23.5. The number of fused-ring (bicyclic) bond motifs is 2. The summed E-state index contributed by atoms with van der Waals surface area (Å²) in [5.41, 5.74) is 1.43. The molecule has 1 saturated carbocycles. The van der Waals surface area contributed by atoms with Gasteiger partial charge in [-0.3, -0.25) is 9.59 Å². The molecule has 1 amide bonds. The number of likely N-dealkylation sites (tertiary alicyclic amines) is 1. The van der Waals surface area contributed by atoms with Gasteiger partial charge >= 0.3 is 5.97 Å². The Bertz CT molecular complexity index is 1350. The predicted molar refractivity (Wildman–Crippen MR) is 154 cm³/mol. The Hall–Kier alpha value is -3.22. The van der Waals surface area contributed by atoms with Crippen molar-refractivity contribution >= 4 is 22.6 Å². The molecule has 6 nitrogen and oxygen atoms in total. The first-order valence-corrected chi connectivity index (χ1v) is 14.1. The van der Waals surface area contributed by atoms with Crippen molar-refractivity contribution in [1.82, 2.24) is 9.80 Å². The topological polar surface area (TPSA) is 70.1 Å². The van der Waals surface area contributed by atoms with Crippen molar-refractivity contribution < 1.29 is 19.4 Å². The smallest absolute Gasteiger partial charge is 0.308 e. The molecule has 206 valence electrons. The molecule has 1 heterocycles. The molecule has 3 aromatic carbocycles. The van der Waals surface area contributed by atoms with Gasteiger partial charge in [0.15, 0.2) is 0 Å². The van der Waals surface area contributed by atoms with E-state index < -0.39 is 6.10 Å². The molecule has 0 aromatic heterocycles. The summed E-state index contributed by atoms with van der Waals surface area (Å²) in [6.45, 7) is 7.99. The van der Waals surface area contributed by atoms with Crippen LogP contribution in [-0.2, 0) is 10.2 Å². The van der Waals surface area contributed by atoms with Crippen molar-refractivity contribution in [3.8, 4) is 5.75 Å². The van der Waals surface area contributed by atoms with Crippen LogP contribution in [-0.4, -0.2) is 65.6 Å². The fourth-order valence-electron chi connectivity index (χ4n) is 6.90. The Labute approximate surface area is 231 Å². The second-order valence-corrected chi connectivity index (χ2v) is 12.0. The van der Waals surface area contributed by atoms with Crippen LogP contribution < -0.4 is 4.74 Å². The van der Waals surface area contributed by atoms with Crippen LogP contribution in [0.15, 0.2) is 66.7 Å². The summed E-state index contributed by atoms with van der Waals surface area (Å²) in [6, 6.07) is 21.7. The first-order valence-electron chi connectivity index (χ1n) is 14.1. The van der Waals surface area contributed by atoms with Gasteiger partial charge in [0.1, 0.15) is 5.75 Å². The first-order chi connectivity index (χ1) is 18.7. The van der Waals surface area contributed by atoms with E-state index in [1.165, 1.54) is 6.92 Å². The van der Waals surface area contributed by atoms with Gasteiger partial charge in [0, 0.05) is 43.0 Å². The van der Waals surface area contributed by atoms with Crippen molar-refractivity contribution in [2.45, 2.75) is 57.6 Å². The molecule has 2 aliphatic rings. The number of aliphatic hydroxyl groups is 1. The number of carbonyl (C=O) groups is 2. The number of piperidine rings is 1. The fraction of sp³-hybridized carbons (Fsp3) is 0.455. The number of benzene rings is 3. The van der Waals surface area contributed by atoms with E-state index in [-0.39, 0.29) is 35.2 Å². The molecule has 6 heteroatoms. The van der Waals surface area contributed by atoms with Crippen molar-refractivity contribution in [3.63, 3.8) is 0 Å². The van der Waals surface area contributed by atoms with Gasteiger partial charge in [0.05, 0.1) is 6.10 Å². The third-order valence-corrected chi connectivity index (χ3v) is 8.67. The minimum Gasteiger partial charge on any atom is -0.427 e. The number of carbonyl (C=O) groups excluding carboxylic acids is 2. The van der Waals surface area contributed by atoms with E-state index in [1.807, 2.05) is 53.4 Å². The number of ether oxygens (including phenoxy) is 1. The third kappa shape index (κ3) is 5.59. The van der Waals surface area contributed by atoms with Crippen LogP contribution in [0.4, 0.5) is 0 Å². The zero-order chi connectivity index (χ0) is 27.7. The number of aliphatic hydroxyl groups excluding tert-OH is 1. The predicted octanol–water partition coefficient (Wildman–Crippen LogP) is 5.28. The number of hydrogen-bond acceptors (Lipinski definition) is 5. The van der Waals surface area contributed by atoms with Crippen LogP contribution in [0.5, 0.6) is 5.75 Å². The minimum absolute atomic E-state index is 0.0156. The summed E-state index contributed by atoms with van der Waals surface area (Å²) in [5, 5.41) is 13.8. The molecule has 1 aliphatic heterocycles. The molecule has 2 fully saturated rings. The van der Waals surface area contributed by atoms with Crippen LogP contribution in [0.2, 0.25) is 0 Å². The van der Waals surface area contributed by atoms with Crippen LogP contribution in [0, 0.1) is 11.8 Å². The van der Waals surface area contributed by atoms with Gasteiger partial charge in [-0.05, 0) is 79.4 Å². The lowest BCUT2D eigenvalue weighted by Crippen LogP contribution is -2.61. The van der Waals surface area contributed by atoms with E-state index in [0.29, 0.717) is 24.3 Å². The molecule has 1 saturated heterocycles. The van der Waals surface area contributed by atoms with Gasteiger partial charge in [-0.2, -0.15) is 0 Å². The maximum Gasteiger partial charge on any atom is 0.308 e. The number of rotatable bonds is 6. The summed E-state index contributed by atoms with van der Waals surface area (Å²) in [6.07, 6.45) is 1.63. The second kappa shape index (κ2) is 11.1. The van der Waals surface area contributed by atoms with Crippen molar-refractivity contribution in [2.24, 2.45) is 11.8 Å². The molecule has 4 atom stereocenters. The lowest BCUT2D eigenvalue weighted by atomic mass is 9.56. The highest BCUT2D eigenvalue weighted by molar-refractivity contribution is 5.98. The van der Waals surface area contributed by atoms with Gasteiger partial charge in [0.25, 0.3) is 5.91 Å². The van der Waals surface area contributed by atoms with Gasteiger partial charge in [0.2, 0.25) is 0 Å². The number of esters is 1. The molecule has 1 aliphatic carbocycles. The van der Waals surface area contributed by atoms with Crippen molar-refractivity contribution in [1.29, 1.82) is 0 Å². The Morgan fingerprint density at radius 2 is 1.85 bits per heavy atom. The minimum atomic E-state index is -0.553. The number of hydrogen-bond donors (Lipinski definition) is 1. The maximum atomic E-state index is 14.1. The summed E-state index contributed by atoms with van der Waals surface area (Å²) >= 11 is 0. The molecular weight excluding hydrogens is 488 g/mol. The quantitative estimate of drug-likeness (QED) is 0.348. The molecule has 0 radical (unpaired) electrons. The van der Waals surface area contributed by atoms with Crippen LogP contribution in [0.1, 0.15) is 56.0 Å².